The number of benzene rings is 2. The molecule has 2 fully saturated rings. The number of piperazine rings is 1. The molecule has 2 aromatic carbocycles. The van der Waals surface area contributed by atoms with Crippen molar-refractivity contribution in [1.82, 2.24) is 19.8 Å². The molecule has 0 aliphatic carbocycles. The van der Waals surface area contributed by atoms with Crippen molar-refractivity contribution in [2.45, 2.75) is 63.9 Å². The van der Waals surface area contributed by atoms with Gasteiger partial charge in [0.2, 0.25) is 0 Å². The van der Waals surface area contributed by atoms with E-state index in [1.807, 2.05) is 23.1 Å². The van der Waals surface area contributed by atoms with Gasteiger partial charge in [0.1, 0.15) is 18.2 Å². The zero-order chi connectivity index (χ0) is 34.1. The molecule has 0 radical (unpaired) electrons. The van der Waals surface area contributed by atoms with Crippen molar-refractivity contribution in [1.29, 1.82) is 5.26 Å². The molecule has 4 heterocycles. The van der Waals surface area contributed by atoms with Gasteiger partial charge in [0, 0.05) is 68.6 Å². The Kier molecular flexibility index (Phi) is 10.0. The molecule has 1 amide bonds. The lowest BCUT2D eigenvalue weighted by Crippen LogP contribution is -2.55. The maximum Gasteiger partial charge on any atom is 0.318 e. The standard InChI is InChI=1S/C35H40ClF2N7O3/c1-21(2)45-18-26(47-4)16-25(45)20-48-35-40-29-19-42(30-7-5-6-23-8-9-28(38)32(36)31(23)30)13-11-27(29)33(41-35)43-14-15-44(34(46)22(3)37)24(17-43)10-12-39/h5-9,21,24-26H,3,10-11,13-20H2,1-2,4H3/t24-,25-,26+/m0/s1. The Morgan fingerprint density at radius 1 is 1.15 bits per heavy atom. The number of nitrogens with zero attached hydrogens (tertiary/aromatic N) is 7. The second-order valence-electron chi connectivity index (χ2n) is 12.9. The molecule has 3 aromatic rings. The molecule has 254 valence electrons. The molecule has 10 nitrogen and oxygen atoms in total. The Morgan fingerprint density at radius 3 is 2.69 bits per heavy atom. The summed E-state index contributed by atoms with van der Waals surface area (Å²) >= 11 is 6.51. The highest BCUT2D eigenvalue weighted by Gasteiger charge is 2.37. The van der Waals surface area contributed by atoms with E-state index in [-0.39, 0.29) is 42.7 Å². The van der Waals surface area contributed by atoms with E-state index in [4.69, 9.17) is 31.0 Å². The zero-order valence-electron chi connectivity index (χ0n) is 27.5. The van der Waals surface area contributed by atoms with Crippen LogP contribution >= 0.6 is 11.6 Å². The highest BCUT2D eigenvalue weighted by molar-refractivity contribution is 6.36. The first-order chi connectivity index (χ1) is 23.1. The lowest BCUT2D eigenvalue weighted by Gasteiger charge is -2.42. The predicted molar refractivity (Wildman–Crippen MR) is 180 cm³/mol. The van der Waals surface area contributed by atoms with E-state index in [1.54, 1.807) is 13.2 Å². The van der Waals surface area contributed by atoms with Crippen LogP contribution in [-0.2, 0) is 22.5 Å². The van der Waals surface area contributed by atoms with Gasteiger partial charge in [0.05, 0.1) is 41.9 Å². The number of halogens is 3. The number of amides is 1. The minimum Gasteiger partial charge on any atom is -0.462 e. The summed E-state index contributed by atoms with van der Waals surface area (Å²) in [7, 11) is 1.73. The SMILES string of the molecule is C=C(F)C(=O)N1CCN(c2nc(OC[C@@H]3C[C@@H](OC)CN3C(C)C)nc3c2CCN(c2cccc4ccc(F)c(Cl)c24)C3)C[C@@H]1CC#N. The van der Waals surface area contributed by atoms with Gasteiger partial charge < -0.3 is 24.2 Å². The number of carbonyl (C=O) groups excluding carboxylic acids is 1. The summed E-state index contributed by atoms with van der Waals surface area (Å²) in [4.78, 5) is 30.3. The number of likely N-dealkylation sites (tertiary alicyclic amines) is 1. The van der Waals surface area contributed by atoms with E-state index in [0.717, 1.165) is 35.3 Å². The number of anilines is 2. The second kappa shape index (κ2) is 14.2. The first-order valence-corrected chi connectivity index (χ1v) is 16.7. The average Bonchev–Trinajstić information content (AvgIpc) is 3.52. The highest BCUT2D eigenvalue weighted by Crippen LogP contribution is 2.38. The van der Waals surface area contributed by atoms with Crippen molar-refractivity contribution in [2.75, 3.05) is 56.2 Å². The van der Waals surface area contributed by atoms with E-state index in [0.29, 0.717) is 49.9 Å². The summed E-state index contributed by atoms with van der Waals surface area (Å²) in [6.45, 7) is 10.5. The van der Waals surface area contributed by atoms with Gasteiger partial charge in [-0.2, -0.15) is 15.2 Å². The predicted octanol–water partition coefficient (Wildman–Crippen LogP) is 5.28. The maximum atomic E-state index is 14.6. The first-order valence-electron chi connectivity index (χ1n) is 16.3. The van der Waals surface area contributed by atoms with Crippen LogP contribution in [0.25, 0.3) is 10.8 Å². The fourth-order valence-corrected chi connectivity index (χ4v) is 7.53. The smallest absolute Gasteiger partial charge is 0.318 e. The molecule has 0 bridgehead atoms. The average molecular weight is 680 g/mol. The molecule has 3 aliphatic heterocycles. The number of fused-ring (bicyclic) bond motifs is 2. The van der Waals surface area contributed by atoms with Crippen LogP contribution in [-0.4, -0.2) is 96.3 Å². The Bertz CT molecular complexity index is 1750. The molecule has 0 saturated carbocycles. The van der Waals surface area contributed by atoms with Gasteiger partial charge in [-0.05, 0) is 44.2 Å². The van der Waals surface area contributed by atoms with Crippen molar-refractivity contribution in [3.63, 3.8) is 0 Å². The Labute approximate surface area is 284 Å². The molecular formula is C35H40ClF2N7O3. The number of aromatic nitrogens is 2. The molecule has 3 atom stereocenters. The number of carbonyl (C=O) groups is 1. The molecule has 13 heteroatoms. The van der Waals surface area contributed by atoms with E-state index >= 15 is 0 Å². The number of methoxy groups -OCH3 is 1. The topological polar surface area (TPSA) is 98.1 Å². The van der Waals surface area contributed by atoms with Crippen LogP contribution in [0.1, 0.15) is 37.9 Å². The monoisotopic (exact) mass is 679 g/mol. The van der Waals surface area contributed by atoms with Gasteiger partial charge in [0.15, 0.2) is 5.83 Å². The van der Waals surface area contributed by atoms with Crippen molar-refractivity contribution >= 4 is 39.8 Å². The van der Waals surface area contributed by atoms with E-state index in [1.165, 1.54) is 11.0 Å². The fourth-order valence-electron chi connectivity index (χ4n) is 7.26. The summed E-state index contributed by atoms with van der Waals surface area (Å²) in [5.41, 5.74) is 2.51. The van der Waals surface area contributed by atoms with Gasteiger partial charge in [-0.1, -0.05) is 36.4 Å². The normalized spacial score (nSPS) is 21.5. The summed E-state index contributed by atoms with van der Waals surface area (Å²) in [6, 6.07) is 11.1. The van der Waals surface area contributed by atoms with Crippen molar-refractivity contribution < 1.29 is 23.0 Å². The van der Waals surface area contributed by atoms with Crippen molar-refractivity contribution in [3.05, 3.63) is 64.8 Å². The van der Waals surface area contributed by atoms with Crippen LogP contribution in [0.4, 0.5) is 20.3 Å². The largest absolute Gasteiger partial charge is 0.462 e. The Morgan fingerprint density at radius 2 is 1.96 bits per heavy atom. The second-order valence-corrected chi connectivity index (χ2v) is 13.3. The number of hydrogen-bond donors (Lipinski definition) is 0. The third kappa shape index (κ3) is 6.64. The van der Waals surface area contributed by atoms with Gasteiger partial charge >= 0.3 is 6.01 Å². The van der Waals surface area contributed by atoms with E-state index in [9.17, 15) is 18.8 Å². The molecule has 3 aliphatic rings. The summed E-state index contributed by atoms with van der Waals surface area (Å²) < 4.78 is 40.5. The van der Waals surface area contributed by atoms with Crippen LogP contribution in [0, 0.1) is 17.1 Å². The highest BCUT2D eigenvalue weighted by atomic mass is 35.5. The molecule has 1 aromatic heterocycles. The minimum absolute atomic E-state index is 0.0334. The van der Waals surface area contributed by atoms with Crippen molar-refractivity contribution in [2.24, 2.45) is 0 Å². The maximum absolute atomic E-state index is 14.6. The van der Waals surface area contributed by atoms with Crippen LogP contribution in [0.3, 0.4) is 0 Å². The van der Waals surface area contributed by atoms with Crippen LogP contribution in [0.2, 0.25) is 5.02 Å². The molecule has 0 spiro atoms. The zero-order valence-corrected chi connectivity index (χ0v) is 28.2. The van der Waals surface area contributed by atoms with Crippen LogP contribution in [0.5, 0.6) is 6.01 Å². The summed E-state index contributed by atoms with van der Waals surface area (Å²) in [6.07, 6.45) is 1.55. The summed E-state index contributed by atoms with van der Waals surface area (Å²) in [5, 5.41) is 11.1. The van der Waals surface area contributed by atoms with Crippen LogP contribution < -0.4 is 14.5 Å². The molecule has 6 rings (SSSR count). The number of rotatable bonds is 9. The molecule has 48 heavy (non-hydrogen) atoms. The van der Waals surface area contributed by atoms with Crippen molar-refractivity contribution in [3.8, 4) is 12.1 Å². The summed E-state index contributed by atoms with van der Waals surface area (Å²) in [5.74, 6) is -1.65. The lowest BCUT2D eigenvalue weighted by molar-refractivity contribution is -0.131. The van der Waals surface area contributed by atoms with Gasteiger partial charge in [-0.25, -0.2) is 8.78 Å². The molecule has 0 unspecified atom stereocenters. The van der Waals surface area contributed by atoms with Gasteiger partial charge in [-0.15, -0.1) is 0 Å². The quantitative estimate of drug-likeness (QED) is 0.280. The van der Waals surface area contributed by atoms with E-state index in [2.05, 4.69) is 36.3 Å². The minimum atomic E-state index is -1.05. The van der Waals surface area contributed by atoms with Crippen LogP contribution in [0.15, 0.2) is 42.7 Å². The van der Waals surface area contributed by atoms with Gasteiger partial charge in [-0.3, -0.25) is 9.69 Å². The molecular weight excluding hydrogens is 640 g/mol. The third-order valence-electron chi connectivity index (χ3n) is 9.70. The molecule has 0 N–H and O–H groups in total. The third-order valence-corrected chi connectivity index (χ3v) is 10.1. The molecule has 2 saturated heterocycles. The lowest BCUT2D eigenvalue weighted by atomic mass is 10.0. The fraction of sp³-hybridized carbons (Fsp3) is 0.486. The number of ether oxygens (including phenoxy) is 2. The Balaban J connectivity index is 1.34. The number of nitriles is 1. The number of hydrogen-bond acceptors (Lipinski definition) is 9. The van der Waals surface area contributed by atoms with Gasteiger partial charge in [0.25, 0.3) is 5.91 Å². The first kappa shape index (κ1) is 33.8. The Hall–Kier alpha value is -4.05. The van der Waals surface area contributed by atoms with E-state index < -0.39 is 23.6 Å².